The van der Waals surface area contributed by atoms with E-state index in [0.29, 0.717) is 5.89 Å². The molecule has 1 aromatic rings. The van der Waals surface area contributed by atoms with Crippen LogP contribution in [0.4, 0.5) is 0 Å². The van der Waals surface area contributed by atoms with Gasteiger partial charge in [0.2, 0.25) is 0 Å². The average Bonchev–Trinajstić information content (AvgIpc) is 2.66. The van der Waals surface area contributed by atoms with Gasteiger partial charge in [-0.1, -0.05) is 5.16 Å². The molecule has 2 rings (SSSR count). The first-order valence-electron chi connectivity index (χ1n) is 4.26. The Hall–Kier alpha value is -0.900. The maximum atomic E-state index is 9.09. The second kappa shape index (κ2) is 2.86. The van der Waals surface area contributed by atoms with Gasteiger partial charge < -0.3 is 9.63 Å². The van der Waals surface area contributed by atoms with Crippen molar-refractivity contribution in [2.45, 2.75) is 32.3 Å². The highest BCUT2D eigenvalue weighted by atomic mass is 16.5. The van der Waals surface area contributed by atoms with Gasteiger partial charge in [-0.25, -0.2) is 0 Å². The summed E-state index contributed by atoms with van der Waals surface area (Å²) < 4.78 is 4.84. The summed E-state index contributed by atoms with van der Waals surface area (Å²) in [7, 11) is 0. The van der Waals surface area contributed by atoms with Gasteiger partial charge in [-0.3, -0.25) is 0 Å². The number of rotatable bonds is 3. The summed E-state index contributed by atoms with van der Waals surface area (Å²) in [5.41, 5.74) is 0. The smallest absolute Gasteiger partial charge is 0.255 e. The maximum absolute atomic E-state index is 9.09. The fraction of sp³-hybridized carbons (Fsp3) is 0.750. The summed E-state index contributed by atoms with van der Waals surface area (Å²) in [6.45, 7) is 1.62. The van der Waals surface area contributed by atoms with Crippen molar-refractivity contribution in [3.05, 3.63) is 11.7 Å². The Morgan fingerprint density at radius 3 is 2.92 bits per heavy atom. The lowest BCUT2D eigenvalue weighted by molar-refractivity contribution is 0.151. The van der Waals surface area contributed by atoms with Crippen LogP contribution in [0.3, 0.4) is 0 Å². The molecule has 1 unspecified atom stereocenters. The largest absolute Gasteiger partial charge is 0.384 e. The van der Waals surface area contributed by atoms with E-state index >= 15 is 0 Å². The zero-order chi connectivity index (χ0) is 8.55. The second-order valence-electron chi connectivity index (χ2n) is 3.37. The van der Waals surface area contributed by atoms with E-state index < -0.39 is 6.10 Å². The molecule has 1 atom stereocenters. The average molecular weight is 168 g/mol. The van der Waals surface area contributed by atoms with Crippen molar-refractivity contribution in [2.75, 3.05) is 0 Å². The van der Waals surface area contributed by atoms with Crippen LogP contribution in [0.2, 0.25) is 0 Å². The normalized spacial score (nSPS) is 19.5. The molecule has 1 aliphatic rings. The molecule has 0 radical (unpaired) electrons. The van der Waals surface area contributed by atoms with Crippen LogP contribution in [-0.4, -0.2) is 15.2 Å². The number of hydrogen-bond acceptors (Lipinski definition) is 4. The molecular formula is C8H12N2O2. The molecule has 1 N–H and O–H groups in total. The van der Waals surface area contributed by atoms with E-state index in [9.17, 15) is 0 Å². The van der Waals surface area contributed by atoms with Crippen molar-refractivity contribution in [2.24, 2.45) is 5.92 Å². The van der Waals surface area contributed by atoms with Crippen LogP contribution in [-0.2, 0) is 6.42 Å². The number of aromatic nitrogens is 2. The van der Waals surface area contributed by atoms with Gasteiger partial charge in [0, 0.05) is 6.42 Å². The Bertz CT molecular complexity index is 266. The first-order chi connectivity index (χ1) is 5.75. The first-order valence-corrected chi connectivity index (χ1v) is 4.26. The summed E-state index contributed by atoms with van der Waals surface area (Å²) in [6, 6.07) is 0. The van der Waals surface area contributed by atoms with Crippen LogP contribution in [0.5, 0.6) is 0 Å². The lowest BCUT2D eigenvalue weighted by atomic mass is 10.3. The van der Waals surface area contributed by atoms with Crippen molar-refractivity contribution in [3.63, 3.8) is 0 Å². The van der Waals surface area contributed by atoms with Gasteiger partial charge in [-0.05, 0) is 25.7 Å². The Balaban J connectivity index is 2.02. The second-order valence-corrected chi connectivity index (χ2v) is 3.37. The Kier molecular flexibility index (Phi) is 1.84. The van der Waals surface area contributed by atoms with E-state index in [-0.39, 0.29) is 0 Å². The minimum Gasteiger partial charge on any atom is -0.384 e. The third kappa shape index (κ3) is 1.64. The first kappa shape index (κ1) is 7.73. The quantitative estimate of drug-likeness (QED) is 0.733. The molecular weight excluding hydrogens is 156 g/mol. The van der Waals surface area contributed by atoms with Gasteiger partial charge >= 0.3 is 0 Å². The maximum Gasteiger partial charge on any atom is 0.255 e. The molecule has 0 saturated heterocycles. The highest BCUT2D eigenvalue weighted by molar-refractivity contribution is 4.93. The number of aliphatic hydroxyl groups excluding tert-OH is 1. The summed E-state index contributed by atoms with van der Waals surface area (Å²) in [6.07, 6.45) is 2.80. The lowest BCUT2D eigenvalue weighted by Crippen LogP contribution is -1.93. The predicted octanol–water partition coefficient (Wildman–Crippen LogP) is 1.08. The predicted molar refractivity (Wildman–Crippen MR) is 41.4 cm³/mol. The zero-order valence-corrected chi connectivity index (χ0v) is 7.03. The van der Waals surface area contributed by atoms with Gasteiger partial charge in [0.15, 0.2) is 5.82 Å². The SMILES string of the molecule is CC(O)c1nc(CC2CC2)no1. The Labute approximate surface area is 70.6 Å². The van der Waals surface area contributed by atoms with Crippen molar-refractivity contribution < 1.29 is 9.63 Å². The van der Waals surface area contributed by atoms with Crippen molar-refractivity contribution in [1.82, 2.24) is 10.1 Å². The molecule has 0 amide bonds. The Morgan fingerprint density at radius 2 is 2.42 bits per heavy atom. The van der Waals surface area contributed by atoms with Crippen LogP contribution in [0.25, 0.3) is 0 Å². The molecule has 66 valence electrons. The van der Waals surface area contributed by atoms with Gasteiger partial charge in [0.05, 0.1) is 0 Å². The van der Waals surface area contributed by atoms with Crippen molar-refractivity contribution >= 4 is 0 Å². The topological polar surface area (TPSA) is 59.2 Å². The molecule has 0 spiro atoms. The molecule has 1 heterocycles. The number of nitrogens with zero attached hydrogens (tertiary/aromatic N) is 2. The van der Waals surface area contributed by atoms with Gasteiger partial charge in [0.1, 0.15) is 6.10 Å². The fourth-order valence-electron chi connectivity index (χ4n) is 1.10. The summed E-state index contributed by atoms with van der Waals surface area (Å²) in [4.78, 5) is 4.06. The third-order valence-electron chi connectivity index (χ3n) is 2.01. The monoisotopic (exact) mass is 168 g/mol. The van der Waals surface area contributed by atoms with Crippen LogP contribution >= 0.6 is 0 Å². The molecule has 0 aromatic carbocycles. The fourth-order valence-corrected chi connectivity index (χ4v) is 1.10. The summed E-state index contributed by atoms with van der Waals surface area (Å²) in [5.74, 6) is 1.81. The highest BCUT2D eigenvalue weighted by Gasteiger charge is 2.24. The van der Waals surface area contributed by atoms with E-state index in [0.717, 1.165) is 18.2 Å². The molecule has 4 heteroatoms. The molecule has 12 heavy (non-hydrogen) atoms. The van der Waals surface area contributed by atoms with Gasteiger partial charge in [-0.2, -0.15) is 4.98 Å². The van der Waals surface area contributed by atoms with Crippen molar-refractivity contribution in [3.8, 4) is 0 Å². The molecule has 0 aliphatic heterocycles. The van der Waals surface area contributed by atoms with E-state index in [1.165, 1.54) is 12.8 Å². The molecule has 1 aromatic heterocycles. The van der Waals surface area contributed by atoms with Crippen LogP contribution < -0.4 is 0 Å². The standard InChI is InChI=1S/C8H12N2O2/c1-5(11)8-9-7(10-12-8)4-6-2-3-6/h5-6,11H,2-4H2,1H3. The molecule has 4 nitrogen and oxygen atoms in total. The summed E-state index contributed by atoms with van der Waals surface area (Å²) >= 11 is 0. The van der Waals surface area contributed by atoms with E-state index in [4.69, 9.17) is 9.63 Å². The van der Waals surface area contributed by atoms with Gasteiger partial charge in [-0.15, -0.1) is 0 Å². The van der Waals surface area contributed by atoms with Crippen LogP contribution in [0.15, 0.2) is 4.52 Å². The molecule has 1 saturated carbocycles. The number of aliphatic hydroxyl groups is 1. The molecule has 1 aliphatic carbocycles. The lowest BCUT2D eigenvalue weighted by Gasteiger charge is -1.91. The van der Waals surface area contributed by atoms with E-state index in [1.54, 1.807) is 6.92 Å². The zero-order valence-electron chi connectivity index (χ0n) is 7.03. The van der Waals surface area contributed by atoms with E-state index in [2.05, 4.69) is 10.1 Å². The molecule has 1 fully saturated rings. The third-order valence-corrected chi connectivity index (χ3v) is 2.01. The highest BCUT2D eigenvalue weighted by Crippen LogP contribution is 2.31. The van der Waals surface area contributed by atoms with Crippen LogP contribution in [0, 0.1) is 5.92 Å². The van der Waals surface area contributed by atoms with Gasteiger partial charge in [0.25, 0.3) is 5.89 Å². The summed E-state index contributed by atoms with van der Waals surface area (Å²) in [5, 5.41) is 12.9. The minimum absolute atomic E-state index is 0.325. The van der Waals surface area contributed by atoms with Crippen molar-refractivity contribution in [1.29, 1.82) is 0 Å². The van der Waals surface area contributed by atoms with Crippen LogP contribution in [0.1, 0.15) is 37.6 Å². The Morgan fingerprint density at radius 1 is 1.67 bits per heavy atom. The number of hydrogen-bond donors (Lipinski definition) is 1. The van der Waals surface area contributed by atoms with E-state index in [1.807, 2.05) is 0 Å². The minimum atomic E-state index is -0.648. The molecule has 0 bridgehead atoms.